The van der Waals surface area contributed by atoms with Crippen LogP contribution in [0.5, 0.6) is 0 Å². The summed E-state index contributed by atoms with van der Waals surface area (Å²) in [5.74, 6) is -1.67. The Balaban J connectivity index is -0.0000000389. The van der Waals surface area contributed by atoms with Crippen LogP contribution in [0.3, 0.4) is 0 Å². The molecule has 0 saturated carbocycles. The minimum Gasteiger partial charge on any atom is -0.481 e. The summed E-state index contributed by atoms with van der Waals surface area (Å²) in [4.78, 5) is 18.0. The van der Waals surface area contributed by atoms with E-state index in [9.17, 15) is 0 Å². The van der Waals surface area contributed by atoms with Gasteiger partial charge in [0.25, 0.3) is 11.9 Å². The molecule has 5 heteroatoms. The van der Waals surface area contributed by atoms with Crippen LogP contribution in [0.1, 0.15) is 27.7 Å². The van der Waals surface area contributed by atoms with E-state index in [1.54, 1.807) is 0 Å². The first-order valence-electron chi connectivity index (χ1n) is 3.01. The van der Waals surface area contributed by atoms with Crippen LogP contribution in [-0.2, 0) is 31.3 Å². The molecule has 0 radical (unpaired) electrons. The Hall–Kier alpha value is -0.346. The summed E-state index contributed by atoms with van der Waals surface area (Å²) < 4.78 is 0. The SMILES string of the molecule is CC(=O)O.CC(=O)O.C[CH-]C.[Ti]. The standard InChI is InChI=1S/C3H7.2C2H4O2.Ti/c1-3-2;2*1-2(3)4;/h3H,1-2H3;2*1H3,(H,3,4);/q-1;;;. The van der Waals surface area contributed by atoms with Crippen molar-refractivity contribution in [3.8, 4) is 0 Å². The number of aliphatic carboxylic acids is 2. The fourth-order valence-corrected chi connectivity index (χ4v) is 0. The zero-order chi connectivity index (χ0) is 9.86. The minimum absolute atomic E-state index is 0. The van der Waals surface area contributed by atoms with Gasteiger partial charge in [0.05, 0.1) is 0 Å². The Labute approximate surface area is 87.9 Å². The molecule has 0 atom stereocenters. The van der Waals surface area contributed by atoms with Crippen molar-refractivity contribution in [2.24, 2.45) is 0 Å². The summed E-state index contributed by atoms with van der Waals surface area (Å²) in [5.41, 5.74) is 0. The van der Waals surface area contributed by atoms with E-state index >= 15 is 0 Å². The van der Waals surface area contributed by atoms with Crippen molar-refractivity contribution in [1.82, 2.24) is 0 Å². The fourth-order valence-electron chi connectivity index (χ4n) is 0. The van der Waals surface area contributed by atoms with E-state index in [-0.39, 0.29) is 21.7 Å². The molecule has 12 heavy (non-hydrogen) atoms. The molecule has 0 aliphatic rings. The van der Waals surface area contributed by atoms with E-state index in [0.29, 0.717) is 0 Å². The molecular weight excluding hydrogens is 196 g/mol. The molecule has 0 rings (SSSR count). The number of carboxylic acid groups (broad SMARTS) is 2. The predicted molar refractivity (Wildman–Crippen MR) is 42.3 cm³/mol. The van der Waals surface area contributed by atoms with Crippen LogP contribution in [0.15, 0.2) is 0 Å². The summed E-state index contributed by atoms with van der Waals surface area (Å²) in [6, 6.07) is 0. The second kappa shape index (κ2) is 22.4. The molecule has 0 aliphatic carbocycles. The van der Waals surface area contributed by atoms with Gasteiger partial charge < -0.3 is 16.6 Å². The van der Waals surface area contributed by atoms with Crippen LogP contribution in [0.4, 0.5) is 0 Å². The average molecular weight is 211 g/mol. The second-order valence-electron chi connectivity index (χ2n) is 1.62. The number of carboxylic acids is 2. The molecule has 0 bridgehead atoms. The molecule has 0 fully saturated rings. The number of carbonyl (C=O) groups is 2. The molecule has 0 saturated heterocycles. The first-order chi connectivity index (χ1) is 4.88. The largest absolute Gasteiger partial charge is 0.481 e. The maximum absolute atomic E-state index is 9.00. The quantitative estimate of drug-likeness (QED) is 0.469. The first kappa shape index (κ1) is 22.6. The normalized spacial score (nSPS) is 5.67. The molecule has 2 N–H and O–H groups in total. The molecule has 0 aromatic heterocycles. The van der Waals surface area contributed by atoms with Crippen LogP contribution in [0.2, 0.25) is 0 Å². The van der Waals surface area contributed by atoms with Gasteiger partial charge in [-0.25, -0.2) is 0 Å². The first-order valence-corrected chi connectivity index (χ1v) is 3.01. The van der Waals surface area contributed by atoms with E-state index in [4.69, 9.17) is 19.8 Å². The van der Waals surface area contributed by atoms with Crippen LogP contribution in [-0.4, -0.2) is 22.2 Å². The zero-order valence-corrected chi connectivity index (χ0v) is 9.35. The van der Waals surface area contributed by atoms with Gasteiger partial charge in [-0.15, -0.1) is 0 Å². The van der Waals surface area contributed by atoms with E-state index in [1.165, 1.54) is 0 Å². The Bertz CT molecular complexity index is 83.6. The topological polar surface area (TPSA) is 74.6 Å². The second-order valence-corrected chi connectivity index (χ2v) is 1.62. The van der Waals surface area contributed by atoms with Gasteiger partial charge in [-0.2, -0.15) is 13.8 Å². The predicted octanol–water partition coefficient (Wildman–Crippen LogP) is 1.41. The molecule has 0 aliphatic heterocycles. The summed E-state index contributed by atoms with van der Waals surface area (Å²) >= 11 is 0. The van der Waals surface area contributed by atoms with Crippen molar-refractivity contribution in [2.45, 2.75) is 27.7 Å². The molecular formula is C7H15O4Ti-. The van der Waals surface area contributed by atoms with Crippen molar-refractivity contribution >= 4 is 11.9 Å². The molecule has 0 amide bonds. The molecule has 4 nitrogen and oxygen atoms in total. The molecule has 72 valence electrons. The Morgan fingerprint density at radius 2 is 1.00 bits per heavy atom. The van der Waals surface area contributed by atoms with Crippen molar-refractivity contribution < 1.29 is 41.5 Å². The van der Waals surface area contributed by atoms with Gasteiger partial charge >= 0.3 is 0 Å². The van der Waals surface area contributed by atoms with Crippen molar-refractivity contribution in [3.63, 3.8) is 0 Å². The molecule has 0 unspecified atom stereocenters. The van der Waals surface area contributed by atoms with Gasteiger partial charge in [-0.3, -0.25) is 9.59 Å². The van der Waals surface area contributed by atoms with Crippen LogP contribution < -0.4 is 0 Å². The number of rotatable bonds is 0. The van der Waals surface area contributed by atoms with E-state index in [0.717, 1.165) is 13.8 Å². The molecule has 0 spiro atoms. The zero-order valence-electron chi connectivity index (χ0n) is 7.79. The van der Waals surface area contributed by atoms with Crippen molar-refractivity contribution in [1.29, 1.82) is 0 Å². The third-order valence-corrected chi connectivity index (χ3v) is 0. The fraction of sp³-hybridized carbons (Fsp3) is 0.571. The van der Waals surface area contributed by atoms with Crippen LogP contribution >= 0.6 is 0 Å². The number of hydrogen-bond acceptors (Lipinski definition) is 2. The summed E-state index contributed by atoms with van der Waals surface area (Å²) in [6.45, 7) is 6.17. The van der Waals surface area contributed by atoms with Gasteiger partial charge in [-0.1, -0.05) is 0 Å². The van der Waals surface area contributed by atoms with Crippen molar-refractivity contribution in [2.75, 3.05) is 0 Å². The molecule has 0 aromatic carbocycles. The Kier molecular flexibility index (Phi) is 42.2. The summed E-state index contributed by atoms with van der Waals surface area (Å²) in [6.07, 6.45) is 2.00. The van der Waals surface area contributed by atoms with Gasteiger partial charge in [0.2, 0.25) is 0 Å². The van der Waals surface area contributed by atoms with E-state index in [1.807, 2.05) is 20.3 Å². The Morgan fingerprint density at radius 1 is 1.00 bits per heavy atom. The van der Waals surface area contributed by atoms with Crippen LogP contribution in [0.25, 0.3) is 0 Å². The van der Waals surface area contributed by atoms with Crippen molar-refractivity contribution in [3.05, 3.63) is 6.42 Å². The molecule has 0 heterocycles. The van der Waals surface area contributed by atoms with Gasteiger partial charge in [0, 0.05) is 35.6 Å². The van der Waals surface area contributed by atoms with E-state index in [2.05, 4.69) is 0 Å². The average Bonchev–Trinajstić information content (AvgIpc) is 1.60. The third kappa shape index (κ3) is 6050. The summed E-state index contributed by atoms with van der Waals surface area (Å²) in [5, 5.41) is 14.8. The Morgan fingerprint density at radius 3 is 1.00 bits per heavy atom. The van der Waals surface area contributed by atoms with E-state index < -0.39 is 11.9 Å². The maximum Gasteiger partial charge on any atom is 0.300 e. The van der Waals surface area contributed by atoms with Crippen LogP contribution in [0, 0.1) is 6.42 Å². The smallest absolute Gasteiger partial charge is 0.300 e. The summed E-state index contributed by atoms with van der Waals surface area (Å²) in [7, 11) is 0. The van der Waals surface area contributed by atoms with Gasteiger partial charge in [0.1, 0.15) is 0 Å². The number of hydrogen-bond donors (Lipinski definition) is 2. The monoisotopic (exact) mass is 211 g/mol. The maximum atomic E-state index is 9.00. The van der Waals surface area contributed by atoms with Gasteiger partial charge in [0.15, 0.2) is 0 Å². The minimum atomic E-state index is -0.833. The molecule has 0 aromatic rings. The third-order valence-electron chi connectivity index (χ3n) is 0. The van der Waals surface area contributed by atoms with Gasteiger partial charge in [-0.05, 0) is 0 Å².